The van der Waals surface area contributed by atoms with Crippen LogP contribution in [0.25, 0.3) is 0 Å². The molecule has 0 aromatic heterocycles. The molecule has 2 aliphatic carbocycles. The fraction of sp³-hybridized carbons (Fsp3) is 0.829. The van der Waals surface area contributed by atoms with E-state index in [1.807, 2.05) is 20.8 Å². The molecule has 3 amide bonds. The van der Waals surface area contributed by atoms with Crippen molar-refractivity contribution in [3.63, 3.8) is 0 Å². The van der Waals surface area contributed by atoms with Gasteiger partial charge in [-0.1, -0.05) is 46.1 Å². The van der Waals surface area contributed by atoms with Crippen molar-refractivity contribution < 1.29 is 37.1 Å². The van der Waals surface area contributed by atoms with Gasteiger partial charge in [0.25, 0.3) is 5.91 Å². The Morgan fingerprint density at radius 1 is 1.06 bits per heavy atom. The molecule has 6 rings (SSSR count). The molecule has 6 aliphatic rings. The van der Waals surface area contributed by atoms with Gasteiger partial charge in [-0.2, -0.15) is 0 Å². The van der Waals surface area contributed by atoms with E-state index < -0.39 is 68.0 Å². The molecule has 4 saturated heterocycles. The first-order chi connectivity index (χ1) is 22.6. The number of fused-ring (bicyclic) bond motifs is 13. The first kappa shape index (κ1) is 36.8. The highest BCUT2D eigenvalue weighted by Gasteiger charge is 2.62. The SMILES string of the molecule is C=C[C@@H]1C[C@]1(NC(=O)[C@@H]1C[C@@H]2CN1C(=O)[C@H](C(C)(C)C)CC(=O)OCCCCCCC1CCC(CO2)NC1C)C(=O)NS(=O)(=O)C1CC1. The molecule has 4 aliphatic heterocycles. The zero-order valence-electron chi connectivity index (χ0n) is 29.1. The van der Waals surface area contributed by atoms with Gasteiger partial charge in [0.2, 0.25) is 21.8 Å². The lowest BCUT2D eigenvalue weighted by Crippen LogP contribution is -2.57. The van der Waals surface area contributed by atoms with Crippen molar-refractivity contribution >= 4 is 33.7 Å². The smallest absolute Gasteiger partial charge is 0.306 e. The highest BCUT2D eigenvalue weighted by atomic mass is 32.2. The van der Waals surface area contributed by atoms with Crippen molar-refractivity contribution in [3.8, 4) is 0 Å². The molecule has 270 valence electrons. The van der Waals surface area contributed by atoms with Crippen LogP contribution < -0.4 is 15.4 Å². The van der Waals surface area contributed by atoms with E-state index in [1.165, 1.54) is 11.0 Å². The summed E-state index contributed by atoms with van der Waals surface area (Å²) < 4.78 is 39.4. The Balaban J connectivity index is 1.36. The van der Waals surface area contributed by atoms with E-state index in [0.717, 1.165) is 44.9 Å². The predicted octanol–water partition coefficient (Wildman–Crippen LogP) is 2.96. The van der Waals surface area contributed by atoms with Gasteiger partial charge in [-0.3, -0.25) is 23.9 Å². The number of sulfonamides is 1. The number of amides is 3. The van der Waals surface area contributed by atoms with E-state index in [-0.39, 0.29) is 37.8 Å². The summed E-state index contributed by atoms with van der Waals surface area (Å²) in [5, 5.41) is 5.96. The summed E-state index contributed by atoms with van der Waals surface area (Å²) >= 11 is 0. The zero-order valence-corrected chi connectivity index (χ0v) is 29.9. The lowest BCUT2D eigenvalue weighted by Gasteiger charge is -2.36. The predicted molar refractivity (Wildman–Crippen MR) is 180 cm³/mol. The number of nitrogens with one attached hydrogen (secondary N) is 3. The maximum atomic E-state index is 14.4. The zero-order chi connectivity index (χ0) is 34.9. The first-order valence-electron chi connectivity index (χ1n) is 18.0. The minimum absolute atomic E-state index is 0.117. The molecule has 0 spiro atoms. The Labute approximate surface area is 285 Å². The highest BCUT2D eigenvalue weighted by molar-refractivity contribution is 7.91. The summed E-state index contributed by atoms with van der Waals surface area (Å²) in [5.74, 6) is -2.75. The van der Waals surface area contributed by atoms with E-state index in [4.69, 9.17) is 9.47 Å². The summed E-state index contributed by atoms with van der Waals surface area (Å²) in [6.45, 7) is 12.6. The molecule has 12 nitrogen and oxygen atoms in total. The number of carbonyl (C=O) groups excluding carboxylic acids is 4. The molecule has 6 fully saturated rings. The number of hydrogen-bond acceptors (Lipinski definition) is 9. The Hall–Kier alpha value is -2.51. The summed E-state index contributed by atoms with van der Waals surface area (Å²) in [6.07, 6.45) is 9.61. The van der Waals surface area contributed by atoms with E-state index >= 15 is 0 Å². The maximum Gasteiger partial charge on any atom is 0.306 e. The Kier molecular flexibility index (Phi) is 11.3. The standard InChI is InChI=1S/C35H56N4O8S/c1-6-24-19-35(24,33(43)38-48(44,45)27-14-15-27)37-31(41)29-17-26-20-39(29)32(42)28(34(3,4)5)18-30(40)46-16-10-8-7-9-11-23-12-13-25(21-47-26)36-22(23)2/h6,22-29,36H,1,7-21H2,2-5H3,(H,37,41)(H,38,43)/t22?,23?,24-,25?,26-,28-,29+,35-/m1/s1. The quantitative estimate of drug-likeness (QED) is 0.281. The van der Waals surface area contributed by atoms with Crippen LogP contribution in [0.1, 0.15) is 105 Å². The van der Waals surface area contributed by atoms with Crippen LogP contribution >= 0.6 is 0 Å². The van der Waals surface area contributed by atoms with Crippen molar-refractivity contribution in [3.05, 3.63) is 12.7 Å². The summed E-state index contributed by atoms with van der Waals surface area (Å²) in [7, 11) is -3.84. The second-order valence-corrected chi connectivity index (χ2v) is 17.9. The minimum atomic E-state index is -3.84. The van der Waals surface area contributed by atoms with Gasteiger partial charge in [-0.05, 0) is 63.2 Å². The average molecular weight is 693 g/mol. The van der Waals surface area contributed by atoms with Crippen LogP contribution in [0.3, 0.4) is 0 Å². The molecule has 4 bridgehead atoms. The van der Waals surface area contributed by atoms with Crippen LogP contribution in [0.4, 0.5) is 0 Å². The Morgan fingerprint density at radius 3 is 2.44 bits per heavy atom. The molecule has 4 heterocycles. The normalized spacial score (nSPS) is 35.8. The lowest BCUT2D eigenvalue weighted by molar-refractivity contribution is -0.153. The Bertz CT molecular complexity index is 1340. The van der Waals surface area contributed by atoms with Crippen molar-refractivity contribution in [1.29, 1.82) is 0 Å². The molecule has 3 unspecified atom stereocenters. The van der Waals surface area contributed by atoms with Gasteiger partial charge in [0.15, 0.2) is 0 Å². The summed E-state index contributed by atoms with van der Waals surface area (Å²) in [4.78, 5) is 56.3. The van der Waals surface area contributed by atoms with Gasteiger partial charge in [0.1, 0.15) is 11.6 Å². The molecular formula is C35H56N4O8S. The largest absolute Gasteiger partial charge is 0.466 e. The van der Waals surface area contributed by atoms with Gasteiger partial charge in [0.05, 0.1) is 36.9 Å². The molecule has 48 heavy (non-hydrogen) atoms. The van der Waals surface area contributed by atoms with Crippen LogP contribution in [0.15, 0.2) is 12.7 Å². The molecule has 13 heteroatoms. The van der Waals surface area contributed by atoms with E-state index in [2.05, 4.69) is 28.9 Å². The van der Waals surface area contributed by atoms with Gasteiger partial charge in [-0.25, -0.2) is 8.42 Å². The van der Waals surface area contributed by atoms with Gasteiger partial charge in [-0.15, -0.1) is 6.58 Å². The van der Waals surface area contributed by atoms with Gasteiger partial charge < -0.3 is 25.0 Å². The second-order valence-electron chi connectivity index (χ2n) is 15.9. The summed E-state index contributed by atoms with van der Waals surface area (Å²) in [6, 6.07) is -0.457. The van der Waals surface area contributed by atoms with Crippen LogP contribution in [0.5, 0.6) is 0 Å². The maximum absolute atomic E-state index is 14.4. The van der Waals surface area contributed by atoms with E-state index in [0.29, 0.717) is 38.0 Å². The van der Waals surface area contributed by atoms with Crippen LogP contribution in [-0.4, -0.2) is 91.8 Å². The number of carbonyl (C=O) groups is 4. The number of hydrogen-bond donors (Lipinski definition) is 3. The third-order valence-electron chi connectivity index (χ3n) is 11.2. The molecule has 8 atom stereocenters. The van der Waals surface area contributed by atoms with Crippen LogP contribution in [-0.2, 0) is 38.7 Å². The number of nitrogens with zero attached hydrogens (tertiary/aromatic N) is 1. The molecule has 0 aromatic rings. The molecule has 0 radical (unpaired) electrons. The van der Waals surface area contributed by atoms with Crippen molar-refractivity contribution in [2.24, 2.45) is 23.2 Å². The topological polar surface area (TPSA) is 160 Å². The molecule has 0 aromatic carbocycles. The van der Waals surface area contributed by atoms with Gasteiger partial charge >= 0.3 is 5.97 Å². The number of ether oxygens (including phenoxy) is 2. The van der Waals surface area contributed by atoms with Crippen molar-refractivity contribution in [2.75, 3.05) is 19.8 Å². The first-order valence-corrected chi connectivity index (χ1v) is 19.5. The molecule has 3 N–H and O–H groups in total. The second kappa shape index (κ2) is 14.8. The minimum Gasteiger partial charge on any atom is -0.466 e. The Morgan fingerprint density at radius 2 is 1.79 bits per heavy atom. The lowest BCUT2D eigenvalue weighted by atomic mass is 9.77. The molecular weight excluding hydrogens is 636 g/mol. The number of rotatable bonds is 6. The van der Waals surface area contributed by atoms with Crippen LogP contribution in [0.2, 0.25) is 0 Å². The fourth-order valence-corrected chi connectivity index (χ4v) is 9.07. The average Bonchev–Trinajstić information content (AvgIpc) is 3.94. The summed E-state index contributed by atoms with van der Waals surface area (Å²) in [5.41, 5.74) is -2.08. The third kappa shape index (κ3) is 8.61. The van der Waals surface area contributed by atoms with E-state index in [9.17, 15) is 27.6 Å². The highest BCUT2D eigenvalue weighted by Crippen LogP contribution is 2.46. The monoisotopic (exact) mass is 692 g/mol. The van der Waals surface area contributed by atoms with Crippen molar-refractivity contribution in [1.82, 2.24) is 20.3 Å². The van der Waals surface area contributed by atoms with Gasteiger partial charge in [0, 0.05) is 31.0 Å². The number of piperidine rings is 1. The van der Waals surface area contributed by atoms with E-state index in [1.54, 1.807) is 0 Å². The third-order valence-corrected chi connectivity index (χ3v) is 13.0. The number of esters is 1. The fourth-order valence-electron chi connectivity index (χ4n) is 7.70. The van der Waals surface area contributed by atoms with Crippen molar-refractivity contribution in [2.45, 2.75) is 140 Å². The molecule has 2 saturated carbocycles. The van der Waals surface area contributed by atoms with Crippen LogP contribution in [0, 0.1) is 23.2 Å².